The van der Waals surface area contributed by atoms with E-state index in [2.05, 4.69) is 5.23 Å². The lowest BCUT2D eigenvalue weighted by Crippen LogP contribution is -2.75. The minimum absolute atomic E-state index is 0.0132. The average Bonchev–Trinajstić information content (AvgIpc) is 3.03. The topological polar surface area (TPSA) is 169 Å². The average molecular weight is 654 g/mol. The van der Waals surface area contributed by atoms with Gasteiger partial charge in [-0.2, -0.15) is 0 Å². The van der Waals surface area contributed by atoms with E-state index in [4.69, 9.17) is 14.2 Å². The Morgan fingerprint density at radius 3 is 2.40 bits per heavy atom. The molecular weight excluding hydrogens is 605 g/mol. The van der Waals surface area contributed by atoms with Gasteiger partial charge < -0.3 is 39.6 Å². The number of hydrogen-bond acceptors (Lipinski definition) is 11. The zero-order chi connectivity index (χ0) is 34.7. The van der Waals surface area contributed by atoms with Gasteiger partial charge in [0.05, 0.1) is 42.1 Å². The van der Waals surface area contributed by atoms with Crippen LogP contribution >= 0.6 is 0 Å². The first-order valence-electron chi connectivity index (χ1n) is 16.6. The van der Waals surface area contributed by atoms with Crippen molar-refractivity contribution in [1.29, 1.82) is 0 Å². The van der Waals surface area contributed by atoms with E-state index in [9.17, 15) is 34.5 Å². The molecule has 256 valence electrons. The maximum absolute atomic E-state index is 14.4. The van der Waals surface area contributed by atoms with Gasteiger partial charge in [-0.25, -0.2) is 4.79 Å². The van der Waals surface area contributed by atoms with Gasteiger partial charge in [0.1, 0.15) is 12.2 Å². The summed E-state index contributed by atoms with van der Waals surface area (Å²) in [6.07, 6.45) is -4.89. The number of esters is 2. The summed E-state index contributed by atoms with van der Waals surface area (Å²) in [7, 11) is -0.130. The van der Waals surface area contributed by atoms with Crippen molar-refractivity contribution in [1.82, 2.24) is 5.23 Å². The number of carbonyl (C=O) groups excluding carboxylic acids is 4. The summed E-state index contributed by atoms with van der Waals surface area (Å²) in [6, 6.07) is 7.83. The predicted octanol–water partition coefficient (Wildman–Crippen LogP) is 1.94. The third-order valence-electron chi connectivity index (χ3n) is 12.2. The molecule has 5 rings (SSSR count). The molecule has 47 heavy (non-hydrogen) atoms. The second-order valence-electron chi connectivity index (χ2n) is 14.9. The highest BCUT2D eigenvalue weighted by Gasteiger charge is 2.72. The number of benzene rings is 1. The lowest BCUT2D eigenvalue weighted by Gasteiger charge is -2.68. The van der Waals surface area contributed by atoms with E-state index in [0.717, 1.165) is 0 Å². The van der Waals surface area contributed by atoms with Gasteiger partial charge in [0, 0.05) is 30.1 Å². The minimum Gasteiger partial charge on any atom is -0.455 e. The third kappa shape index (κ3) is 5.31. The maximum Gasteiger partial charge on any atom is 0.350 e. The summed E-state index contributed by atoms with van der Waals surface area (Å²) in [5.41, 5.74) is -3.46. The number of rotatable bonds is 9. The SMILES string of the molecule is CCC(=O)O[C@@H](C(=O)O[C@H]1C[C@@]2(O)[C@@H](C)[C@@H]3[C@]4(C)CO[C@@H]4C[C@H](O)[C@@]3(C)C(=O)[C@H](O)C(=C1C)C2(C)C)[C@@H](NBC=O)c1ccccc1. The van der Waals surface area contributed by atoms with Gasteiger partial charge in [-0.05, 0) is 42.4 Å². The first-order valence-corrected chi connectivity index (χ1v) is 16.6. The van der Waals surface area contributed by atoms with E-state index in [1.54, 1.807) is 65.0 Å². The maximum atomic E-state index is 14.4. The van der Waals surface area contributed by atoms with Crippen molar-refractivity contribution in [3.63, 3.8) is 0 Å². The van der Waals surface area contributed by atoms with Gasteiger partial charge in [-0.15, -0.1) is 0 Å². The molecule has 12 heteroatoms. The first-order chi connectivity index (χ1) is 22.0. The first kappa shape index (κ1) is 35.4. The number of hydrogen-bond donors (Lipinski definition) is 4. The molecule has 2 bridgehead atoms. The Hall–Kier alpha value is -2.90. The van der Waals surface area contributed by atoms with E-state index < -0.39 is 81.9 Å². The van der Waals surface area contributed by atoms with E-state index >= 15 is 0 Å². The fraction of sp³-hybridized carbons (Fsp3) is 0.657. The molecular formula is C35H48BNO10. The van der Waals surface area contributed by atoms with Gasteiger partial charge >= 0.3 is 11.9 Å². The number of carbonyl (C=O) groups is 4. The zero-order valence-electron chi connectivity index (χ0n) is 28.3. The highest BCUT2D eigenvalue weighted by molar-refractivity contribution is 6.64. The van der Waals surface area contributed by atoms with Crippen LogP contribution in [0.25, 0.3) is 0 Å². The number of ether oxygens (including phenoxy) is 3. The van der Waals surface area contributed by atoms with Crippen molar-refractivity contribution in [3.05, 3.63) is 47.0 Å². The molecule has 1 aromatic rings. The zero-order valence-corrected chi connectivity index (χ0v) is 28.3. The highest BCUT2D eigenvalue weighted by atomic mass is 16.6. The van der Waals surface area contributed by atoms with Crippen LogP contribution < -0.4 is 5.23 Å². The molecule has 3 fully saturated rings. The molecule has 0 amide bonds. The van der Waals surface area contributed by atoms with Crippen molar-refractivity contribution in [2.45, 2.75) is 110 Å². The second kappa shape index (κ2) is 12.5. The Kier molecular flexibility index (Phi) is 9.44. The van der Waals surface area contributed by atoms with E-state index in [1.165, 1.54) is 0 Å². The van der Waals surface area contributed by atoms with Crippen LogP contribution in [0.5, 0.6) is 0 Å². The molecule has 1 heterocycles. The largest absolute Gasteiger partial charge is 0.455 e. The summed E-state index contributed by atoms with van der Waals surface area (Å²) >= 11 is 0. The van der Waals surface area contributed by atoms with Crippen LogP contribution in [-0.4, -0.2) is 89.4 Å². The van der Waals surface area contributed by atoms with E-state index in [0.29, 0.717) is 23.9 Å². The highest BCUT2D eigenvalue weighted by Crippen LogP contribution is 2.66. The molecule has 11 nitrogen and oxygen atoms in total. The Labute approximate surface area is 276 Å². The lowest BCUT2D eigenvalue weighted by atomic mass is 9.40. The molecule has 0 unspecified atom stereocenters. The summed E-state index contributed by atoms with van der Waals surface area (Å²) in [6.45, 7) is 12.7. The van der Waals surface area contributed by atoms with Gasteiger partial charge in [0.25, 0.3) is 7.41 Å². The van der Waals surface area contributed by atoms with Crippen molar-refractivity contribution < 1.29 is 48.7 Å². The van der Waals surface area contributed by atoms with Gasteiger partial charge in [-0.1, -0.05) is 65.0 Å². The van der Waals surface area contributed by atoms with Crippen molar-refractivity contribution in [3.8, 4) is 0 Å². The summed E-state index contributed by atoms with van der Waals surface area (Å²) in [5, 5.41) is 39.2. The number of nitrogens with one attached hydrogen (secondary N) is 1. The van der Waals surface area contributed by atoms with Crippen LogP contribution in [0.15, 0.2) is 41.5 Å². The molecule has 0 radical (unpaired) electrons. The van der Waals surface area contributed by atoms with Gasteiger partial charge in [0.2, 0.25) is 6.10 Å². The van der Waals surface area contributed by atoms with Gasteiger partial charge in [0.15, 0.2) is 5.78 Å². The normalized spacial score (nSPS) is 38.7. The molecule has 1 aliphatic heterocycles. The molecule has 0 spiro atoms. The second-order valence-corrected chi connectivity index (χ2v) is 14.9. The fourth-order valence-electron chi connectivity index (χ4n) is 9.49. The molecule has 4 aliphatic rings. The number of Topliss-reactive ketones (excluding diaryl/α,β-unsaturated/α-hetero) is 1. The number of aliphatic hydroxyl groups excluding tert-OH is 2. The minimum atomic E-state index is -1.69. The van der Waals surface area contributed by atoms with E-state index in [1.807, 2.05) is 13.8 Å². The van der Waals surface area contributed by atoms with Gasteiger partial charge in [-0.3, -0.25) is 9.59 Å². The van der Waals surface area contributed by atoms with E-state index in [-0.39, 0.29) is 38.4 Å². The van der Waals surface area contributed by atoms with Crippen molar-refractivity contribution in [2.24, 2.45) is 28.1 Å². The Morgan fingerprint density at radius 2 is 1.83 bits per heavy atom. The van der Waals surface area contributed by atoms with Crippen LogP contribution in [0.4, 0.5) is 0 Å². The van der Waals surface area contributed by atoms with Crippen LogP contribution in [-0.2, 0) is 33.4 Å². The third-order valence-corrected chi connectivity index (χ3v) is 12.2. The van der Waals surface area contributed by atoms with Crippen LogP contribution in [0.1, 0.15) is 79.3 Å². The molecule has 4 N–H and O–H groups in total. The molecule has 2 saturated carbocycles. The molecule has 0 aromatic heterocycles. The Balaban J connectivity index is 1.59. The molecule has 11 atom stereocenters. The number of ketones is 1. The lowest BCUT2D eigenvalue weighted by molar-refractivity contribution is -0.302. The van der Waals surface area contributed by atoms with Crippen LogP contribution in [0, 0.1) is 28.1 Å². The summed E-state index contributed by atoms with van der Waals surface area (Å²) in [4.78, 5) is 52.5. The van der Waals surface area contributed by atoms with Crippen LogP contribution in [0.3, 0.4) is 0 Å². The number of aliphatic hydroxyl groups is 3. The smallest absolute Gasteiger partial charge is 0.350 e. The van der Waals surface area contributed by atoms with Crippen molar-refractivity contribution in [2.75, 3.05) is 6.61 Å². The Morgan fingerprint density at radius 1 is 1.17 bits per heavy atom. The molecule has 1 aromatic carbocycles. The van der Waals surface area contributed by atoms with Crippen LogP contribution in [0.2, 0.25) is 0 Å². The summed E-state index contributed by atoms with van der Waals surface area (Å²) < 4.78 is 17.6. The quantitative estimate of drug-likeness (QED) is 0.133. The Bertz CT molecular complexity index is 1450. The summed E-state index contributed by atoms with van der Waals surface area (Å²) in [5.74, 6) is -3.29. The molecule has 1 saturated heterocycles. The number of fused-ring (bicyclic) bond motifs is 5. The predicted molar refractivity (Wildman–Crippen MR) is 173 cm³/mol. The fourth-order valence-corrected chi connectivity index (χ4v) is 9.49. The monoisotopic (exact) mass is 653 g/mol. The van der Waals surface area contributed by atoms with Crippen molar-refractivity contribution >= 4 is 31.3 Å². The molecule has 3 aliphatic carbocycles. The standard InChI is InChI=1S/C35H48BNO10/c1-8-24(40)47-28(26(37-36-17-38)20-12-10-9-11-13-20)31(43)46-21-15-35(44)19(3)29-33(6)16-45-23(33)14-22(39)34(29,7)30(42)27(41)25(18(21)2)32(35,4)5/h9-13,17,19,21-23,26-29,36-37,39,41,44H,8,14-16H2,1-7H3/t19-,21-,22-,23+,26-,27+,28+,29+,33+,34+,35+/m0/s1.